The molecule has 1 aliphatic heterocycles. The van der Waals surface area contributed by atoms with E-state index in [1.54, 1.807) is 11.3 Å². The Morgan fingerprint density at radius 3 is 3.07 bits per heavy atom. The lowest BCUT2D eigenvalue weighted by molar-refractivity contribution is 0.284. The summed E-state index contributed by atoms with van der Waals surface area (Å²) in [6, 6.07) is 0. The Hall–Kier alpha value is -0.160. The van der Waals surface area contributed by atoms with Crippen LogP contribution in [0.4, 0.5) is 0 Å². The standard InChI is InChI=1S/C10H17N3S.ClH/c1-9-8-14-10(12-9)7-13-5-2-3-11-4-6-13;/h8,11H,2-7H2,1H3;1H. The molecule has 1 saturated heterocycles. The third-order valence-electron chi connectivity index (χ3n) is 2.46. The van der Waals surface area contributed by atoms with Crippen LogP contribution < -0.4 is 5.32 Å². The summed E-state index contributed by atoms with van der Waals surface area (Å²) in [5, 5.41) is 6.79. The van der Waals surface area contributed by atoms with Gasteiger partial charge in [0.2, 0.25) is 0 Å². The normalized spacial score (nSPS) is 18.2. The monoisotopic (exact) mass is 247 g/mol. The molecule has 0 spiro atoms. The molecule has 0 aromatic carbocycles. The van der Waals surface area contributed by atoms with Gasteiger partial charge in [-0.1, -0.05) is 0 Å². The fourth-order valence-corrected chi connectivity index (χ4v) is 2.54. The van der Waals surface area contributed by atoms with E-state index in [-0.39, 0.29) is 12.4 Å². The fraction of sp³-hybridized carbons (Fsp3) is 0.700. The van der Waals surface area contributed by atoms with E-state index in [2.05, 4.69) is 27.5 Å². The molecule has 15 heavy (non-hydrogen) atoms. The van der Waals surface area contributed by atoms with Gasteiger partial charge < -0.3 is 5.32 Å². The summed E-state index contributed by atoms with van der Waals surface area (Å²) in [5.41, 5.74) is 1.15. The minimum Gasteiger partial charge on any atom is -0.315 e. The van der Waals surface area contributed by atoms with Crippen molar-refractivity contribution in [3.8, 4) is 0 Å². The minimum atomic E-state index is 0. The number of nitrogens with one attached hydrogen (secondary N) is 1. The summed E-state index contributed by atoms with van der Waals surface area (Å²) in [6.07, 6.45) is 1.25. The molecule has 2 heterocycles. The smallest absolute Gasteiger partial charge is 0.107 e. The molecule has 0 bridgehead atoms. The molecule has 0 aliphatic carbocycles. The molecule has 0 saturated carbocycles. The Balaban J connectivity index is 0.00000112. The van der Waals surface area contributed by atoms with Gasteiger partial charge in [-0.15, -0.1) is 23.7 Å². The lowest BCUT2D eigenvalue weighted by Gasteiger charge is -2.17. The van der Waals surface area contributed by atoms with Crippen molar-refractivity contribution in [3.63, 3.8) is 0 Å². The zero-order valence-electron chi connectivity index (χ0n) is 9.03. The quantitative estimate of drug-likeness (QED) is 0.862. The highest BCUT2D eigenvalue weighted by atomic mass is 35.5. The first-order chi connectivity index (χ1) is 6.84. The maximum atomic E-state index is 4.49. The van der Waals surface area contributed by atoms with Crippen LogP contribution in [0.15, 0.2) is 5.38 Å². The van der Waals surface area contributed by atoms with Crippen molar-refractivity contribution in [2.24, 2.45) is 0 Å². The van der Waals surface area contributed by atoms with Gasteiger partial charge >= 0.3 is 0 Å². The molecule has 1 N–H and O–H groups in total. The van der Waals surface area contributed by atoms with Crippen LogP contribution in [0.1, 0.15) is 17.1 Å². The molecule has 1 fully saturated rings. The Bertz CT molecular complexity index is 282. The van der Waals surface area contributed by atoms with Crippen LogP contribution in [0.2, 0.25) is 0 Å². The van der Waals surface area contributed by atoms with Crippen molar-refractivity contribution in [1.82, 2.24) is 15.2 Å². The van der Waals surface area contributed by atoms with Gasteiger partial charge in [0.25, 0.3) is 0 Å². The Kier molecular flexibility index (Phi) is 5.53. The van der Waals surface area contributed by atoms with E-state index in [1.165, 1.54) is 18.0 Å². The first-order valence-corrected chi connectivity index (χ1v) is 6.06. The van der Waals surface area contributed by atoms with Crippen LogP contribution in [-0.2, 0) is 6.54 Å². The SMILES string of the molecule is Cc1csc(CN2CCCNCC2)n1.Cl. The summed E-state index contributed by atoms with van der Waals surface area (Å²) in [4.78, 5) is 6.98. The van der Waals surface area contributed by atoms with Crippen LogP contribution in [0, 0.1) is 6.92 Å². The van der Waals surface area contributed by atoms with Gasteiger partial charge in [-0.25, -0.2) is 4.98 Å². The molecular weight excluding hydrogens is 230 g/mol. The molecule has 3 nitrogen and oxygen atoms in total. The molecule has 5 heteroatoms. The van der Waals surface area contributed by atoms with Gasteiger partial charge in [0.15, 0.2) is 0 Å². The second-order valence-electron chi connectivity index (χ2n) is 3.76. The lowest BCUT2D eigenvalue weighted by atomic mass is 10.4. The maximum Gasteiger partial charge on any atom is 0.107 e. The van der Waals surface area contributed by atoms with Gasteiger partial charge in [0, 0.05) is 24.2 Å². The highest BCUT2D eigenvalue weighted by Crippen LogP contribution is 2.11. The minimum absolute atomic E-state index is 0. The second kappa shape index (κ2) is 6.43. The molecule has 86 valence electrons. The highest BCUT2D eigenvalue weighted by Gasteiger charge is 2.10. The van der Waals surface area contributed by atoms with E-state index < -0.39 is 0 Å². The fourth-order valence-electron chi connectivity index (χ4n) is 1.73. The predicted molar refractivity (Wildman–Crippen MR) is 66.9 cm³/mol. The van der Waals surface area contributed by atoms with Crippen molar-refractivity contribution >= 4 is 23.7 Å². The van der Waals surface area contributed by atoms with Gasteiger partial charge in [-0.2, -0.15) is 0 Å². The van der Waals surface area contributed by atoms with Gasteiger partial charge in [-0.3, -0.25) is 4.90 Å². The largest absolute Gasteiger partial charge is 0.315 e. The van der Waals surface area contributed by atoms with Crippen LogP contribution >= 0.6 is 23.7 Å². The molecule has 2 rings (SSSR count). The van der Waals surface area contributed by atoms with Crippen LogP contribution in [0.3, 0.4) is 0 Å². The number of hydrogen-bond acceptors (Lipinski definition) is 4. The van der Waals surface area contributed by atoms with Crippen molar-refractivity contribution in [2.45, 2.75) is 19.9 Å². The predicted octanol–water partition coefficient (Wildman–Crippen LogP) is 1.67. The number of thiazole rings is 1. The molecule has 1 aromatic rings. The van der Waals surface area contributed by atoms with E-state index in [0.29, 0.717) is 0 Å². The van der Waals surface area contributed by atoms with Crippen molar-refractivity contribution < 1.29 is 0 Å². The maximum absolute atomic E-state index is 4.49. The number of nitrogens with zero attached hydrogens (tertiary/aromatic N) is 2. The van der Waals surface area contributed by atoms with Crippen molar-refractivity contribution in [1.29, 1.82) is 0 Å². The lowest BCUT2D eigenvalue weighted by Crippen LogP contribution is -2.27. The zero-order valence-corrected chi connectivity index (χ0v) is 10.7. The van der Waals surface area contributed by atoms with E-state index >= 15 is 0 Å². The molecule has 0 radical (unpaired) electrons. The summed E-state index contributed by atoms with van der Waals surface area (Å²) in [7, 11) is 0. The van der Waals surface area contributed by atoms with Crippen LogP contribution in [0.25, 0.3) is 0 Å². The van der Waals surface area contributed by atoms with Gasteiger partial charge in [-0.05, 0) is 26.4 Å². The summed E-state index contributed by atoms with van der Waals surface area (Å²) in [6.45, 7) is 7.71. The number of halogens is 1. The molecule has 0 amide bonds. The first kappa shape index (κ1) is 12.9. The molecule has 1 aromatic heterocycles. The number of aromatic nitrogens is 1. The molecule has 0 unspecified atom stereocenters. The Morgan fingerprint density at radius 2 is 2.33 bits per heavy atom. The van der Waals surface area contributed by atoms with Gasteiger partial charge in [0.1, 0.15) is 5.01 Å². The summed E-state index contributed by atoms with van der Waals surface area (Å²) < 4.78 is 0. The molecule has 1 aliphatic rings. The number of hydrogen-bond donors (Lipinski definition) is 1. The van der Waals surface area contributed by atoms with Crippen LogP contribution in [-0.4, -0.2) is 36.1 Å². The number of rotatable bonds is 2. The van der Waals surface area contributed by atoms with E-state index in [9.17, 15) is 0 Å². The topological polar surface area (TPSA) is 28.2 Å². The molecule has 0 atom stereocenters. The highest BCUT2D eigenvalue weighted by molar-refractivity contribution is 7.09. The van der Waals surface area contributed by atoms with Crippen LogP contribution in [0.5, 0.6) is 0 Å². The van der Waals surface area contributed by atoms with Gasteiger partial charge in [0.05, 0.1) is 6.54 Å². The second-order valence-corrected chi connectivity index (χ2v) is 4.70. The van der Waals surface area contributed by atoms with E-state index in [1.807, 2.05) is 0 Å². The first-order valence-electron chi connectivity index (χ1n) is 5.19. The Morgan fingerprint density at radius 1 is 1.47 bits per heavy atom. The summed E-state index contributed by atoms with van der Waals surface area (Å²) >= 11 is 1.78. The summed E-state index contributed by atoms with van der Waals surface area (Å²) in [5.74, 6) is 0. The van der Waals surface area contributed by atoms with E-state index in [0.717, 1.165) is 31.9 Å². The average molecular weight is 248 g/mol. The van der Waals surface area contributed by atoms with Crippen molar-refractivity contribution in [3.05, 3.63) is 16.1 Å². The third-order valence-corrected chi connectivity index (χ3v) is 3.41. The zero-order chi connectivity index (χ0) is 9.80. The molecular formula is C10H18ClN3S. The number of aryl methyl sites for hydroxylation is 1. The Labute approximate surface area is 101 Å². The third kappa shape index (κ3) is 4.07. The average Bonchev–Trinajstić information content (AvgIpc) is 2.43. The van der Waals surface area contributed by atoms with Crippen molar-refractivity contribution in [2.75, 3.05) is 26.2 Å². The van der Waals surface area contributed by atoms with E-state index in [4.69, 9.17) is 0 Å².